The van der Waals surface area contributed by atoms with E-state index in [-0.39, 0.29) is 17.7 Å². The number of nitrogens with zero attached hydrogens (tertiary/aromatic N) is 4. The number of morpholine rings is 1. The lowest BCUT2D eigenvalue weighted by Crippen LogP contribution is -2.36. The van der Waals surface area contributed by atoms with E-state index in [9.17, 15) is 4.79 Å². The molecule has 0 unspecified atom stereocenters. The molecule has 1 saturated heterocycles. The minimum absolute atomic E-state index is 0.0899. The number of rotatable bonds is 6. The molecule has 0 radical (unpaired) electrons. The Bertz CT molecular complexity index is 1030. The summed E-state index contributed by atoms with van der Waals surface area (Å²) in [6.07, 6.45) is 2.29. The van der Waals surface area contributed by atoms with Crippen LogP contribution in [0.25, 0.3) is 11.4 Å². The number of carbonyl (C=O) groups is 1. The SMILES string of the molecule is CC(C)(C)c1ccc(-c2noc(CCC(=O)Nc3ccc(N4CCOCC4)nc3)n2)cc1. The van der Waals surface area contributed by atoms with Crippen molar-refractivity contribution in [1.29, 1.82) is 0 Å². The van der Waals surface area contributed by atoms with Crippen molar-refractivity contribution in [2.24, 2.45) is 0 Å². The highest BCUT2D eigenvalue weighted by Crippen LogP contribution is 2.25. The number of hydrogen-bond donors (Lipinski definition) is 1. The van der Waals surface area contributed by atoms with Crippen molar-refractivity contribution >= 4 is 17.4 Å². The molecule has 1 amide bonds. The molecule has 3 heterocycles. The number of anilines is 2. The lowest BCUT2D eigenvalue weighted by molar-refractivity contribution is -0.116. The van der Waals surface area contributed by atoms with Gasteiger partial charge in [-0.15, -0.1) is 0 Å². The molecule has 168 valence electrons. The van der Waals surface area contributed by atoms with Crippen molar-refractivity contribution in [2.45, 2.75) is 39.0 Å². The van der Waals surface area contributed by atoms with Crippen LogP contribution < -0.4 is 10.2 Å². The third-order valence-corrected chi connectivity index (χ3v) is 5.41. The van der Waals surface area contributed by atoms with E-state index < -0.39 is 0 Å². The molecule has 0 atom stereocenters. The number of pyridine rings is 1. The number of nitrogens with one attached hydrogen (secondary N) is 1. The molecule has 8 heteroatoms. The summed E-state index contributed by atoms with van der Waals surface area (Å²) in [6, 6.07) is 11.9. The Hall–Kier alpha value is -3.26. The minimum atomic E-state index is -0.125. The van der Waals surface area contributed by atoms with Gasteiger partial charge in [0.1, 0.15) is 5.82 Å². The molecular formula is C24H29N5O3. The smallest absolute Gasteiger partial charge is 0.227 e. The van der Waals surface area contributed by atoms with Gasteiger partial charge >= 0.3 is 0 Å². The molecule has 1 N–H and O–H groups in total. The number of benzene rings is 1. The first-order valence-electron chi connectivity index (χ1n) is 10.9. The lowest BCUT2D eigenvalue weighted by Gasteiger charge is -2.27. The van der Waals surface area contributed by atoms with Gasteiger partial charge in [-0.1, -0.05) is 50.2 Å². The van der Waals surface area contributed by atoms with E-state index >= 15 is 0 Å². The van der Waals surface area contributed by atoms with Gasteiger partial charge in [0.15, 0.2) is 0 Å². The quantitative estimate of drug-likeness (QED) is 0.629. The van der Waals surface area contributed by atoms with Crippen molar-refractivity contribution in [3.8, 4) is 11.4 Å². The molecular weight excluding hydrogens is 406 g/mol. The van der Waals surface area contributed by atoms with Gasteiger partial charge in [-0.2, -0.15) is 4.98 Å². The van der Waals surface area contributed by atoms with Crippen LogP contribution in [0.2, 0.25) is 0 Å². The van der Waals surface area contributed by atoms with Crippen LogP contribution in [-0.2, 0) is 21.4 Å². The molecule has 1 aliphatic heterocycles. The highest BCUT2D eigenvalue weighted by Gasteiger charge is 2.16. The first-order valence-corrected chi connectivity index (χ1v) is 10.9. The normalized spacial score (nSPS) is 14.4. The van der Waals surface area contributed by atoms with Gasteiger partial charge in [-0.3, -0.25) is 4.79 Å². The number of aromatic nitrogens is 3. The van der Waals surface area contributed by atoms with E-state index in [1.54, 1.807) is 6.20 Å². The summed E-state index contributed by atoms with van der Waals surface area (Å²) in [7, 11) is 0. The summed E-state index contributed by atoms with van der Waals surface area (Å²) < 4.78 is 10.7. The topological polar surface area (TPSA) is 93.4 Å². The van der Waals surface area contributed by atoms with E-state index in [0.717, 1.165) is 24.5 Å². The van der Waals surface area contributed by atoms with Gasteiger partial charge in [0, 0.05) is 31.5 Å². The van der Waals surface area contributed by atoms with Crippen LogP contribution in [0.15, 0.2) is 47.1 Å². The molecule has 1 fully saturated rings. The number of ether oxygens (including phenoxy) is 1. The molecule has 0 bridgehead atoms. The molecule has 1 aliphatic rings. The highest BCUT2D eigenvalue weighted by molar-refractivity contribution is 5.90. The van der Waals surface area contributed by atoms with Gasteiger partial charge < -0.3 is 19.5 Å². The summed E-state index contributed by atoms with van der Waals surface area (Å²) in [4.78, 5) is 23.4. The van der Waals surface area contributed by atoms with E-state index in [4.69, 9.17) is 9.26 Å². The maximum atomic E-state index is 12.3. The Morgan fingerprint density at radius 1 is 1.09 bits per heavy atom. The van der Waals surface area contributed by atoms with E-state index in [1.165, 1.54) is 5.56 Å². The Kier molecular flexibility index (Phi) is 6.50. The highest BCUT2D eigenvalue weighted by atomic mass is 16.5. The zero-order valence-corrected chi connectivity index (χ0v) is 18.8. The number of carbonyl (C=O) groups excluding carboxylic acids is 1. The maximum Gasteiger partial charge on any atom is 0.227 e. The van der Waals surface area contributed by atoms with Crippen LogP contribution in [0.1, 0.15) is 38.6 Å². The standard InChI is InChI=1S/C24H29N5O3/c1-24(2,3)18-6-4-17(5-7-18)23-27-22(32-28-23)11-10-21(30)26-19-8-9-20(25-16-19)29-12-14-31-15-13-29/h4-9,16H,10-15H2,1-3H3,(H,26,30). The van der Waals surface area contributed by atoms with Crippen LogP contribution >= 0.6 is 0 Å². The monoisotopic (exact) mass is 435 g/mol. The zero-order valence-electron chi connectivity index (χ0n) is 18.8. The molecule has 32 heavy (non-hydrogen) atoms. The average molecular weight is 436 g/mol. The molecule has 0 spiro atoms. The fraction of sp³-hybridized carbons (Fsp3) is 0.417. The van der Waals surface area contributed by atoms with Crippen LogP contribution in [-0.4, -0.2) is 47.3 Å². The van der Waals surface area contributed by atoms with Gasteiger partial charge in [-0.05, 0) is 23.1 Å². The average Bonchev–Trinajstić information content (AvgIpc) is 3.27. The molecule has 3 aromatic rings. The molecule has 2 aromatic heterocycles. The lowest BCUT2D eigenvalue weighted by atomic mass is 9.87. The minimum Gasteiger partial charge on any atom is -0.378 e. The first-order chi connectivity index (χ1) is 15.4. The van der Waals surface area contributed by atoms with Crippen molar-refractivity contribution < 1.29 is 14.1 Å². The molecule has 4 rings (SSSR count). The number of aryl methyl sites for hydroxylation is 1. The van der Waals surface area contributed by atoms with Crippen LogP contribution in [0, 0.1) is 0 Å². The van der Waals surface area contributed by atoms with E-state index in [1.807, 2.05) is 24.3 Å². The van der Waals surface area contributed by atoms with Gasteiger partial charge in [-0.25, -0.2) is 4.98 Å². The van der Waals surface area contributed by atoms with Crippen molar-refractivity contribution in [1.82, 2.24) is 15.1 Å². The summed E-state index contributed by atoms with van der Waals surface area (Å²) in [6.45, 7) is 9.59. The number of hydrogen-bond acceptors (Lipinski definition) is 7. The molecule has 0 saturated carbocycles. The predicted molar refractivity (Wildman–Crippen MR) is 123 cm³/mol. The van der Waals surface area contributed by atoms with Gasteiger partial charge in [0.05, 0.1) is 25.1 Å². The van der Waals surface area contributed by atoms with Crippen molar-refractivity contribution in [2.75, 3.05) is 36.5 Å². The first kappa shape index (κ1) is 22.0. The summed E-state index contributed by atoms with van der Waals surface area (Å²) in [5.74, 6) is 1.74. The van der Waals surface area contributed by atoms with Crippen LogP contribution in [0.4, 0.5) is 11.5 Å². The Morgan fingerprint density at radius 2 is 1.84 bits per heavy atom. The van der Waals surface area contributed by atoms with Crippen LogP contribution in [0.5, 0.6) is 0 Å². The summed E-state index contributed by atoms with van der Waals surface area (Å²) >= 11 is 0. The van der Waals surface area contributed by atoms with E-state index in [2.05, 4.69) is 58.2 Å². The third kappa shape index (κ3) is 5.50. The van der Waals surface area contributed by atoms with Crippen LogP contribution in [0.3, 0.4) is 0 Å². The maximum absolute atomic E-state index is 12.3. The predicted octanol–water partition coefficient (Wildman–Crippen LogP) is 3.84. The second kappa shape index (κ2) is 9.48. The Labute approximate surface area is 188 Å². The summed E-state index contributed by atoms with van der Waals surface area (Å²) in [5, 5.41) is 6.92. The fourth-order valence-corrected chi connectivity index (χ4v) is 3.48. The van der Waals surface area contributed by atoms with E-state index in [0.29, 0.717) is 37.0 Å². The second-order valence-electron chi connectivity index (χ2n) is 8.89. The fourth-order valence-electron chi connectivity index (χ4n) is 3.48. The summed E-state index contributed by atoms with van der Waals surface area (Å²) in [5.41, 5.74) is 2.89. The largest absolute Gasteiger partial charge is 0.378 e. The second-order valence-corrected chi connectivity index (χ2v) is 8.89. The van der Waals surface area contributed by atoms with Gasteiger partial charge in [0.25, 0.3) is 0 Å². The molecule has 1 aromatic carbocycles. The Morgan fingerprint density at radius 3 is 2.50 bits per heavy atom. The third-order valence-electron chi connectivity index (χ3n) is 5.41. The Balaban J connectivity index is 1.28. The molecule has 0 aliphatic carbocycles. The zero-order chi connectivity index (χ0) is 22.6. The number of amides is 1. The van der Waals surface area contributed by atoms with Crippen molar-refractivity contribution in [3.05, 3.63) is 54.0 Å². The molecule has 8 nitrogen and oxygen atoms in total. The van der Waals surface area contributed by atoms with Gasteiger partial charge in [0.2, 0.25) is 17.6 Å². The van der Waals surface area contributed by atoms with Crippen molar-refractivity contribution in [3.63, 3.8) is 0 Å².